The van der Waals surface area contributed by atoms with E-state index in [0.717, 1.165) is 56.3 Å². The van der Waals surface area contributed by atoms with Crippen molar-refractivity contribution < 1.29 is 4.79 Å². The number of rotatable bonds is 6. The molecule has 2 heterocycles. The van der Waals surface area contributed by atoms with E-state index in [0.29, 0.717) is 16.1 Å². The molecule has 1 saturated heterocycles. The highest BCUT2D eigenvalue weighted by Gasteiger charge is 2.25. The van der Waals surface area contributed by atoms with Gasteiger partial charge in [0.1, 0.15) is 22.4 Å². The van der Waals surface area contributed by atoms with E-state index in [1.165, 1.54) is 11.3 Å². The van der Waals surface area contributed by atoms with Crippen LogP contribution in [0.3, 0.4) is 0 Å². The average Bonchev–Trinajstić information content (AvgIpc) is 3.36. The second-order valence-corrected chi connectivity index (χ2v) is 8.78. The summed E-state index contributed by atoms with van der Waals surface area (Å²) >= 11 is 1.32. The first-order valence-electron chi connectivity index (χ1n) is 10.2. The molecule has 3 N–H and O–H groups in total. The SMILES string of the molecule is C/C=C1\NC(=NCCN(C)C)CCC(C)C(=Nc2ncc(C(=O)NC3CC3)s2)N1. The van der Waals surface area contributed by atoms with Crippen molar-refractivity contribution in [2.24, 2.45) is 15.9 Å². The Hall–Kier alpha value is -2.26. The zero-order chi connectivity index (χ0) is 20.8. The minimum absolute atomic E-state index is 0.0514. The molecule has 0 spiro atoms. The van der Waals surface area contributed by atoms with Crippen LogP contribution in [0.1, 0.15) is 49.2 Å². The number of aromatic nitrogens is 1. The summed E-state index contributed by atoms with van der Waals surface area (Å²) in [5.41, 5.74) is 0. The first kappa shape index (κ1) is 21.4. The first-order valence-corrected chi connectivity index (χ1v) is 11.0. The van der Waals surface area contributed by atoms with Gasteiger partial charge in [-0.15, -0.1) is 0 Å². The summed E-state index contributed by atoms with van der Waals surface area (Å²) in [6.07, 6.45) is 7.52. The summed E-state index contributed by atoms with van der Waals surface area (Å²) in [6.45, 7) is 5.82. The number of aliphatic imine (C=N–C) groups is 2. The van der Waals surface area contributed by atoms with Crippen molar-refractivity contribution in [3.63, 3.8) is 0 Å². The van der Waals surface area contributed by atoms with Crippen LogP contribution in [0.25, 0.3) is 0 Å². The number of thiazole rings is 1. The molecule has 1 unspecified atom stereocenters. The van der Waals surface area contributed by atoms with Crippen molar-refractivity contribution in [1.29, 1.82) is 0 Å². The predicted molar refractivity (Wildman–Crippen MR) is 119 cm³/mol. The monoisotopic (exact) mass is 417 g/mol. The van der Waals surface area contributed by atoms with Crippen molar-refractivity contribution in [2.75, 3.05) is 27.2 Å². The van der Waals surface area contributed by atoms with E-state index in [1.54, 1.807) is 6.20 Å². The summed E-state index contributed by atoms with van der Waals surface area (Å²) in [5.74, 6) is 2.87. The van der Waals surface area contributed by atoms with Crippen LogP contribution in [-0.4, -0.2) is 60.7 Å². The maximum absolute atomic E-state index is 12.2. The Bertz CT molecular complexity index is 808. The third kappa shape index (κ3) is 6.64. The molecule has 2 aliphatic rings. The Morgan fingerprint density at radius 1 is 1.38 bits per heavy atom. The van der Waals surface area contributed by atoms with E-state index >= 15 is 0 Å². The Morgan fingerprint density at radius 2 is 2.17 bits per heavy atom. The topological polar surface area (TPSA) is 94.0 Å². The summed E-state index contributed by atoms with van der Waals surface area (Å²) in [5, 5.41) is 10.4. The fraction of sp³-hybridized carbons (Fsp3) is 0.600. The van der Waals surface area contributed by atoms with E-state index in [2.05, 4.69) is 46.9 Å². The number of hydrogen-bond donors (Lipinski definition) is 3. The highest BCUT2D eigenvalue weighted by atomic mass is 32.1. The van der Waals surface area contributed by atoms with Crippen LogP contribution in [0.4, 0.5) is 5.13 Å². The van der Waals surface area contributed by atoms with E-state index in [1.807, 2.05) is 13.0 Å². The number of nitrogens with one attached hydrogen (secondary N) is 3. The van der Waals surface area contributed by atoms with Crippen molar-refractivity contribution in [2.45, 2.75) is 45.6 Å². The first-order chi connectivity index (χ1) is 13.9. The van der Waals surface area contributed by atoms with Gasteiger partial charge in [-0.1, -0.05) is 18.3 Å². The molecule has 1 aliphatic carbocycles. The van der Waals surface area contributed by atoms with Crippen molar-refractivity contribution in [1.82, 2.24) is 25.8 Å². The highest BCUT2D eigenvalue weighted by Crippen LogP contribution is 2.25. The molecular formula is C20H31N7OS. The number of likely N-dealkylation sites (N-methyl/N-ethyl adjacent to an activating group) is 1. The molecule has 158 valence electrons. The molecule has 1 atom stereocenters. The lowest BCUT2D eigenvalue weighted by molar-refractivity contribution is 0.0955. The van der Waals surface area contributed by atoms with Crippen LogP contribution in [-0.2, 0) is 0 Å². The number of amides is 1. The Kier molecular flexibility index (Phi) is 7.38. The maximum Gasteiger partial charge on any atom is 0.263 e. The number of nitrogens with zero attached hydrogens (tertiary/aromatic N) is 4. The summed E-state index contributed by atoms with van der Waals surface area (Å²) in [6, 6.07) is 0.337. The molecule has 1 aromatic heterocycles. The van der Waals surface area contributed by atoms with Crippen LogP contribution in [0.2, 0.25) is 0 Å². The van der Waals surface area contributed by atoms with Gasteiger partial charge in [-0.3, -0.25) is 9.79 Å². The van der Waals surface area contributed by atoms with Crippen LogP contribution in [0.5, 0.6) is 0 Å². The quantitative estimate of drug-likeness (QED) is 0.661. The van der Waals surface area contributed by atoms with Gasteiger partial charge in [-0.25, -0.2) is 9.98 Å². The van der Waals surface area contributed by atoms with Gasteiger partial charge in [0.2, 0.25) is 5.13 Å². The minimum atomic E-state index is -0.0514. The van der Waals surface area contributed by atoms with Crippen LogP contribution >= 0.6 is 11.3 Å². The second kappa shape index (κ2) is 9.98. The van der Waals surface area contributed by atoms with E-state index in [-0.39, 0.29) is 11.8 Å². The maximum atomic E-state index is 12.2. The van der Waals surface area contributed by atoms with Crippen LogP contribution in [0, 0.1) is 5.92 Å². The third-order valence-corrected chi connectivity index (χ3v) is 5.70. The molecule has 3 rings (SSSR count). The fourth-order valence-electron chi connectivity index (χ4n) is 2.80. The molecular weight excluding hydrogens is 386 g/mol. The number of hydrogen-bond acceptors (Lipinski definition) is 6. The molecule has 29 heavy (non-hydrogen) atoms. The van der Waals surface area contributed by atoms with Gasteiger partial charge in [0.05, 0.1) is 12.7 Å². The van der Waals surface area contributed by atoms with E-state index in [4.69, 9.17) is 9.98 Å². The Labute approximate surface area is 176 Å². The molecule has 0 aromatic carbocycles. The minimum Gasteiger partial charge on any atom is -0.349 e. The fourth-order valence-corrected chi connectivity index (χ4v) is 3.50. The number of allylic oxidation sites excluding steroid dienone is 1. The normalized spacial score (nSPS) is 24.3. The molecule has 0 radical (unpaired) electrons. The highest BCUT2D eigenvalue weighted by molar-refractivity contribution is 7.17. The Balaban J connectivity index is 1.68. The van der Waals surface area contributed by atoms with Gasteiger partial charge in [0.25, 0.3) is 5.91 Å². The Morgan fingerprint density at radius 3 is 2.86 bits per heavy atom. The number of amidine groups is 2. The largest absolute Gasteiger partial charge is 0.349 e. The molecule has 0 bridgehead atoms. The number of carbonyl (C=O) groups excluding carboxylic acids is 1. The second-order valence-electron chi connectivity index (χ2n) is 7.78. The summed E-state index contributed by atoms with van der Waals surface area (Å²) < 4.78 is 0. The lowest BCUT2D eigenvalue weighted by Crippen LogP contribution is -2.40. The van der Waals surface area contributed by atoms with Crippen molar-refractivity contribution in [3.05, 3.63) is 23.0 Å². The van der Waals surface area contributed by atoms with Crippen molar-refractivity contribution >= 4 is 34.0 Å². The molecule has 9 heteroatoms. The molecule has 1 aliphatic heterocycles. The third-order valence-electron chi connectivity index (χ3n) is 4.81. The lowest BCUT2D eigenvalue weighted by Gasteiger charge is -2.24. The van der Waals surface area contributed by atoms with Gasteiger partial charge in [0.15, 0.2) is 0 Å². The van der Waals surface area contributed by atoms with E-state index < -0.39 is 0 Å². The number of carbonyl (C=O) groups is 1. The molecule has 1 saturated carbocycles. The summed E-state index contributed by atoms with van der Waals surface area (Å²) in [4.78, 5) is 28.7. The van der Waals surface area contributed by atoms with Gasteiger partial charge in [-0.05, 0) is 46.4 Å². The zero-order valence-corrected chi connectivity index (χ0v) is 18.5. The van der Waals surface area contributed by atoms with E-state index in [9.17, 15) is 4.79 Å². The van der Waals surface area contributed by atoms with Crippen molar-refractivity contribution in [3.8, 4) is 0 Å². The summed E-state index contributed by atoms with van der Waals surface area (Å²) in [7, 11) is 4.10. The molecule has 8 nitrogen and oxygen atoms in total. The van der Waals surface area contributed by atoms with Crippen LogP contribution < -0.4 is 16.0 Å². The smallest absolute Gasteiger partial charge is 0.263 e. The average molecular weight is 418 g/mol. The van der Waals surface area contributed by atoms with Gasteiger partial charge >= 0.3 is 0 Å². The lowest BCUT2D eigenvalue weighted by atomic mass is 10.0. The standard InChI is InChI=1S/C20H31N7OS/c1-5-16-24-17(21-10-11-27(3)4)9-6-13(2)18(25-16)26-20-22-12-15(29-20)19(28)23-14-7-8-14/h5,12-14H,6-11H2,1-4H3,(H,21,24)(H,23,28)(H,22,25,26)/b16-5+. The van der Waals surface area contributed by atoms with Gasteiger partial charge < -0.3 is 20.9 Å². The zero-order valence-electron chi connectivity index (χ0n) is 17.7. The van der Waals surface area contributed by atoms with Gasteiger partial charge in [0, 0.05) is 24.9 Å². The van der Waals surface area contributed by atoms with Crippen LogP contribution in [0.15, 0.2) is 28.1 Å². The molecule has 1 aromatic rings. The predicted octanol–water partition coefficient (Wildman–Crippen LogP) is 2.50. The molecule has 1 amide bonds. The van der Waals surface area contributed by atoms with Gasteiger partial charge in [-0.2, -0.15) is 0 Å². The molecule has 2 fully saturated rings.